The molecule has 0 aliphatic carbocycles. The zero-order valence-corrected chi connectivity index (χ0v) is 19.1. The Balaban J connectivity index is 1.83. The number of hydrogen-bond donors (Lipinski definition) is 1. The second-order valence-electron chi connectivity index (χ2n) is 7.26. The number of benzene rings is 2. The average Bonchev–Trinajstić information content (AvgIpc) is 3.21. The summed E-state index contributed by atoms with van der Waals surface area (Å²) in [6, 6.07) is 9.90. The molecule has 0 radical (unpaired) electrons. The Kier molecular flexibility index (Phi) is 6.02. The molecule has 4 rings (SSSR count). The third kappa shape index (κ3) is 3.92. The van der Waals surface area contributed by atoms with E-state index in [0.717, 1.165) is 45.0 Å². The number of hydrogen-bond acceptors (Lipinski definition) is 7. The van der Waals surface area contributed by atoms with Gasteiger partial charge in [-0.2, -0.15) is 0 Å². The molecule has 1 N–H and O–H groups in total. The maximum atomic E-state index is 13.9. The molecule has 2 heterocycles. The molecule has 0 fully saturated rings. The van der Waals surface area contributed by atoms with Gasteiger partial charge in [0.1, 0.15) is 25.0 Å². The van der Waals surface area contributed by atoms with Crippen LogP contribution in [0.3, 0.4) is 0 Å². The summed E-state index contributed by atoms with van der Waals surface area (Å²) in [5, 5.41) is 5.01. The fourth-order valence-corrected chi connectivity index (χ4v) is 7.53. The van der Waals surface area contributed by atoms with Gasteiger partial charge < -0.3 is 14.6 Å². The summed E-state index contributed by atoms with van der Waals surface area (Å²) in [7, 11) is -0.952. The summed E-state index contributed by atoms with van der Waals surface area (Å²) in [4.78, 5) is 13.3. The third-order valence-electron chi connectivity index (χ3n) is 5.14. The van der Waals surface area contributed by atoms with Crippen LogP contribution in [0, 0.1) is 0 Å². The summed E-state index contributed by atoms with van der Waals surface area (Å²) >= 11 is 1.61. The van der Waals surface area contributed by atoms with Gasteiger partial charge >= 0.3 is 0 Å². The topological polar surface area (TPSA) is 77.0 Å². The number of ether oxygens (including phenoxy) is 1. The number of nitrogens with one attached hydrogen (secondary N) is 1. The van der Waals surface area contributed by atoms with Crippen LogP contribution in [0.4, 0.5) is 11.5 Å². The van der Waals surface area contributed by atoms with Crippen molar-refractivity contribution in [1.29, 1.82) is 0 Å². The van der Waals surface area contributed by atoms with E-state index < -0.39 is 7.14 Å². The number of anilines is 2. The minimum atomic E-state index is -2.57. The van der Waals surface area contributed by atoms with Crippen molar-refractivity contribution in [2.24, 2.45) is 0 Å². The second kappa shape index (κ2) is 8.70. The van der Waals surface area contributed by atoms with Crippen LogP contribution in [0.2, 0.25) is 0 Å². The maximum Gasteiger partial charge on any atom is 0.141 e. The molecular formula is C22H25N4O2PS. The molecule has 0 atom stereocenters. The first-order valence-electron chi connectivity index (χ1n) is 10.1. The predicted molar refractivity (Wildman–Crippen MR) is 127 cm³/mol. The Bertz CT molecular complexity index is 1230. The van der Waals surface area contributed by atoms with Gasteiger partial charge in [-0.25, -0.2) is 15.0 Å². The molecule has 2 aromatic heterocycles. The van der Waals surface area contributed by atoms with E-state index in [1.807, 2.05) is 35.8 Å². The molecule has 0 unspecified atom stereocenters. The predicted octanol–water partition coefficient (Wildman–Crippen LogP) is 5.80. The molecule has 0 saturated carbocycles. The van der Waals surface area contributed by atoms with E-state index in [1.165, 1.54) is 6.33 Å². The highest BCUT2D eigenvalue weighted by molar-refractivity contribution is 7.71. The molecule has 8 heteroatoms. The lowest BCUT2D eigenvalue weighted by Gasteiger charge is -2.21. The molecule has 2 aromatic carbocycles. The highest BCUT2D eigenvalue weighted by atomic mass is 32.1. The number of aromatic nitrogens is 3. The van der Waals surface area contributed by atoms with E-state index in [0.29, 0.717) is 23.9 Å². The van der Waals surface area contributed by atoms with Gasteiger partial charge in [-0.05, 0) is 37.1 Å². The average molecular weight is 441 g/mol. The van der Waals surface area contributed by atoms with Crippen molar-refractivity contribution in [1.82, 2.24) is 15.0 Å². The van der Waals surface area contributed by atoms with E-state index in [4.69, 9.17) is 4.74 Å². The minimum Gasteiger partial charge on any atom is -0.496 e. The molecule has 0 saturated heterocycles. The Morgan fingerprint density at radius 2 is 1.83 bits per heavy atom. The summed E-state index contributed by atoms with van der Waals surface area (Å²) < 4.78 is 20.6. The first kappa shape index (κ1) is 20.8. The number of methoxy groups -OCH3 is 1. The molecule has 156 valence electrons. The van der Waals surface area contributed by atoms with Gasteiger partial charge in [-0.1, -0.05) is 13.8 Å². The van der Waals surface area contributed by atoms with E-state index in [1.54, 1.807) is 18.4 Å². The van der Waals surface area contributed by atoms with Crippen molar-refractivity contribution in [3.8, 4) is 5.75 Å². The monoisotopic (exact) mass is 440 g/mol. The van der Waals surface area contributed by atoms with Crippen LogP contribution in [-0.2, 0) is 4.57 Å². The molecule has 0 aliphatic rings. The standard InChI is InChI=1S/C22H25N4O2PS/c1-4-8-29(27,9-5-2)20-11-16-17(12-19(20)28-3)23-13-24-22(16)26-15-6-7-21-18(10-15)25-14-30-21/h6-7,10-14H,4-5,8-9H2,1-3H3,(H,23,24,26). The molecular weight excluding hydrogens is 415 g/mol. The molecule has 4 aromatic rings. The molecule has 6 nitrogen and oxygen atoms in total. The second-order valence-corrected chi connectivity index (χ2v) is 11.3. The van der Waals surface area contributed by atoms with Crippen molar-refractivity contribution in [2.45, 2.75) is 26.7 Å². The Hall–Kier alpha value is -2.50. The zero-order valence-electron chi connectivity index (χ0n) is 17.4. The Morgan fingerprint density at radius 3 is 2.57 bits per heavy atom. The van der Waals surface area contributed by atoms with Crippen molar-refractivity contribution >= 4 is 56.4 Å². The van der Waals surface area contributed by atoms with Crippen molar-refractivity contribution in [3.05, 3.63) is 42.2 Å². The van der Waals surface area contributed by atoms with Crippen LogP contribution in [0.1, 0.15) is 26.7 Å². The number of rotatable bonds is 8. The third-order valence-corrected chi connectivity index (χ3v) is 9.51. The molecule has 0 amide bonds. The first-order chi connectivity index (χ1) is 14.6. The van der Waals surface area contributed by atoms with Gasteiger partial charge in [-0.15, -0.1) is 11.3 Å². The molecule has 30 heavy (non-hydrogen) atoms. The van der Waals surface area contributed by atoms with Gasteiger partial charge in [-0.3, -0.25) is 0 Å². The fourth-order valence-electron chi connectivity index (χ4n) is 3.80. The van der Waals surface area contributed by atoms with Crippen LogP contribution in [0.5, 0.6) is 5.75 Å². The maximum absolute atomic E-state index is 13.9. The molecule has 0 bridgehead atoms. The first-order valence-corrected chi connectivity index (χ1v) is 13.1. The Morgan fingerprint density at radius 1 is 1.03 bits per heavy atom. The highest BCUT2D eigenvalue weighted by Crippen LogP contribution is 2.49. The van der Waals surface area contributed by atoms with Crippen molar-refractivity contribution in [3.63, 3.8) is 0 Å². The van der Waals surface area contributed by atoms with E-state index in [2.05, 4.69) is 34.1 Å². The normalized spacial score (nSPS) is 11.8. The van der Waals surface area contributed by atoms with Crippen molar-refractivity contribution in [2.75, 3.05) is 24.8 Å². The van der Waals surface area contributed by atoms with Gasteiger partial charge in [0.15, 0.2) is 0 Å². The highest BCUT2D eigenvalue weighted by Gasteiger charge is 2.27. The summed E-state index contributed by atoms with van der Waals surface area (Å²) in [6.45, 7) is 4.14. The lowest BCUT2D eigenvalue weighted by molar-refractivity contribution is 0.418. The summed E-state index contributed by atoms with van der Waals surface area (Å²) in [6.07, 6.45) is 4.59. The number of thiazole rings is 1. The van der Waals surface area contributed by atoms with E-state index in [9.17, 15) is 4.57 Å². The number of fused-ring (bicyclic) bond motifs is 2. The van der Waals surface area contributed by atoms with Crippen LogP contribution in [0.25, 0.3) is 21.1 Å². The minimum absolute atomic E-state index is 0.640. The summed E-state index contributed by atoms with van der Waals surface area (Å²) in [5.41, 5.74) is 4.44. The fraction of sp³-hybridized carbons (Fsp3) is 0.318. The molecule has 0 spiro atoms. The number of nitrogens with zero attached hydrogens (tertiary/aromatic N) is 3. The van der Waals surface area contributed by atoms with E-state index >= 15 is 0 Å². The largest absolute Gasteiger partial charge is 0.496 e. The molecule has 0 aliphatic heterocycles. The smallest absolute Gasteiger partial charge is 0.141 e. The lowest BCUT2D eigenvalue weighted by Crippen LogP contribution is -2.14. The SMILES string of the molecule is CCCP(=O)(CCC)c1cc2c(Nc3ccc4scnc4c3)ncnc2cc1OC. The van der Waals surface area contributed by atoms with Crippen LogP contribution >= 0.6 is 18.5 Å². The van der Waals surface area contributed by atoms with Crippen LogP contribution in [-0.4, -0.2) is 34.4 Å². The van der Waals surface area contributed by atoms with Crippen LogP contribution < -0.4 is 15.4 Å². The van der Waals surface area contributed by atoms with Gasteiger partial charge in [0.25, 0.3) is 0 Å². The van der Waals surface area contributed by atoms with Crippen molar-refractivity contribution < 1.29 is 9.30 Å². The van der Waals surface area contributed by atoms with E-state index in [-0.39, 0.29) is 0 Å². The Labute approximate surface area is 180 Å². The zero-order chi connectivity index (χ0) is 21.1. The quantitative estimate of drug-likeness (QED) is 0.349. The lowest BCUT2D eigenvalue weighted by atomic mass is 10.2. The van der Waals surface area contributed by atoms with Gasteiger partial charge in [0.2, 0.25) is 0 Å². The van der Waals surface area contributed by atoms with Gasteiger partial charge in [0, 0.05) is 29.5 Å². The summed E-state index contributed by atoms with van der Waals surface area (Å²) in [5.74, 6) is 1.32. The van der Waals surface area contributed by atoms with Crippen LogP contribution in [0.15, 0.2) is 42.2 Å². The van der Waals surface area contributed by atoms with Gasteiger partial charge in [0.05, 0.1) is 33.7 Å².